The van der Waals surface area contributed by atoms with Crippen molar-refractivity contribution in [3.8, 4) is 17.2 Å². The number of carbonyl (C=O) groups excluding carboxylic acids is 1. The van der Waals surface area contributed by atoms with Crippen molar-refractivity contribution in [2.24, 2.45) is 0 Å². The lowest BCUT2D eigenvalue weighted by molar-refractivity contribution is 0.0745. The van der Waals surface area contributed by atoms with Crippen molar-refractivity contribution < 1.29 is 14.3 Å². The second kappa shape index (κ2) is 11.1. The van der Waals surface area contributed by atoms with Crippen molar-refractivity contribution in [2.45, 2.75) is 20.8 Å². The largest absolute Gasteiger partial charge is 0.490 e. The molecule has 2 aromatic carbocycles. The molecule has 7 nitrogen and oxygen atoms in total. The number of nitrogens with zero attached hydrogens (tertiary/aromatic N) is 4. The van der Waals surface area contributed by atoms with Crippen molar-refractivity contribution >= 4 is 24.3 Å². The molecule has 0 bridgehead atoms. The first-order chi connectivity index (χ1) is 15.6. The fourth-order valence-corrected chi connectivity index (χ4v) is 3.91. The zero-order valence-corrected chi connectivity index (χ0v) is 20.2. The molecule has 176 valence electrons. The summed E-state index contributed by atoms with van der Waals surface area (Å²) < 4.78 is 13.4. The summed E-state index contributed by atoms with van der Waals surface area (Å²) in [6.45, 7) is 9.72. The van der Waals surface area contributed by atoms with Crippen molar-refractivity contribution in [3.05, 3.63) is 66.0 Å². The number of imidazole rings is 1. The summed E-state index contributed by atoms with van der Waals surface area (Å²) in [5.74, 6) is 2.19. The number of ether oxygens (including phenoxy) is 2. The van der Waals surface area contributed by atoms with Crippen LogP contribution in [0.2, 0.25) is 0 Å². The number of anilines is 1. The Morgan fingerprint density at radius 3 is 2.27 bits per heavy atom. The highest BCUT2D eigenvalue weighted by Crippen LogP contribution is 2.29. The third-order valence-corrected chi connectivity index (χ3v) is 5.57. The van der Waals surface area contributed by atoms with Gasteiger partial charge in [-0.25, -0.2) is 4.98 Å². The Morgan fingerprint density at radius 1 is 0.939 bits per heavy atom. The van der Waals surface area contributed by atoms with Gasteiger partial charge < -0.3 is 19.3 Å². The van der Waals surface area contributed by atoms with Crippen LogP contribution in [0.25, 0.3) is 5.69 Å². The van der Waals surface area contributed by atoms with Crippen LogP contribution in [0.4, 0.5) is 5.95 Å². The Balaban J connectivity index is 0.00000306. The van der Waals surface area contributed by atoms with E-state index in [4.69, 9.17) is 9.47 Å². The number of rotatable bonds is 7. The smallest absolute Gasteiger partial charge is 0.254 e. The predicted octanol–water partition coefficient (Wildman–Crippen LogP) is 4.36. The van der Waals surface area contributed by atoms with E-state index < -0.39 is 0 Å². The van der Waals surface area contributed by atoms with E-state index in [1.165, 1.54) is 5.56 Å². The number of aryl methyl sites for hydroxylation is 1. The molecule has 33 heavy (non-hydrogen) atoms. The second-order valence-electron chi connectivity index (χ2n) is 7.74. The van der Waals surface area contributed by atoms with Gasteiger partial charge in [-0.3, -0.25) is 9.36 Å². The summed E-state index contributed by atoms with van der Waals surface area (Å²) in [5.41, 5.74) is 2.93. The van der Waals surface area contributed by atoms with E-state index in [1.54, 1.807) is 6.07 Å². The fourth-order valence-electron chi connectivity index (χ4n) is 3.91. The lowest BCUT2D eigenvalue weighted by Gasteiger charge is -2.35. The quantitative estimate of drug-likeness (QED) is 0.513. The number of aromatic nitrogens is 2. The topological polar surface area (TPSA) is 59.8 Å². The second-order valence-corrected chi connectivity index (χ2v) is 7.74. The molecular formula is C25H31ClN4O3. The van der Waals surface area contributed by atoms with Gasteiger partial charge in [-0.1, -0.05) is 17.7 Å². The standard InChI is InChI=1S/C25H30N4O3.ClH/c1-4-31-22-11-8-20(18-23(22)32-5-2)24(30)27-14-16-28(17-15-27)25-26-12-13-29(25)21-9-6-19(3)7-10-21;/h6-13,18H,4-5,14-17H2,1-3H3;1H. The zero-order valence-electron chi connectivity index (χ0n) is 19.4. The minimum absolute atomic E-state index is 0. The molecule has 0 saturated carbocycles. The average molecular weight is 471 g/mol. The van der Waals surface area contributed by atoms with Crippen LogP contribution in [0.3, 0.4) is 0 Å². The lowest BCUT2D eigenvalue weighted by atomic mass is 10.1. The molecule has 1 aromatic heterocycles. The van der Waals surface area contributed by atoms with E-state index >= 15 is 0 Å². The maximum atomic E-state index is 13.1. The Hall–Kier alpha value is -3.19. The van der Waals surface area contributed by atoms with Crippen molar-refractivity contribution in [1.29, 1.82) is 0 Å². The molecule has 4 rings (SSSR count). The van der Waals surface area contributed by atoms with Gasteiger partial charge in [-0.2, -0.15) is 0 Å². The maximum absolute atomic E-state index is 13.1. The number of amides is 1. The molecule has 0 aliphatic carbocycles. The Morgan fingerprint density at radius 2 is 1.61 bits per heavy atom. The van der Waals surface area contributed by atoms with Gasteiger partial charge in [0.2, 0.25) is 5.95 Å². The summed E-state index contributed by atoms with van der Waals surface area (Å²) in [4.78, 5) is 21.8. The number of carbonyl (C=O) groups is 1. The van der Waals surface area contributed by atoms with Gasteiger partial charge in [-0.15, -0.1) is 12.4 Å². The fraction of sp³-hybridized carbons (Fsp3) is 0.360. The van der Waals surface area contributed by atoms with Crippen molar-refractivity contribution in [3.63, 3.8) is 0 Å². The van der Waals surface area contributed by atoms with Crippen LogP contribution < -0.4 is 14.4 Å². The first-order valence-corrected chi connectivity index (χ1v) is 11.1. The lowest BCUT2D eigenvalue weighted by Crippen LogP contribution is -2.49. The average Bonchev–Trinajstić information content (AvgIpc) is 3.30. The molecule has 1 aliphatic rings. The van der Waals surface area contributed by atoms with Gasteiger partial charge in [0.25, 0.3) is 5.91 Å². The van der Waals surface area contributed by atoms with E-state index in [-0.39, 0.29) is 18.3 Å². The Kier molecular flexibility index (Phi) is 8.22. The van der Waals surface area contributed by atoms with Gasteiger partial charge in [0.05, 0.1) is 13.2 Å². The molecule has 3 aromatic rings. The highest BCUT2D eigenvalue weighted by atomic mass is 35.5. The molecule has 0 N–H and O–H groups in total. The Labute approximate surface area is 201 Å². The molecule has 0 unspecified atom stereocenters. The highest BCUT2D eigenvalue weighted by Gasteiger charge is 2.25. The van der Waals surface area contributed by atoms with Crippen LogP contribution in [0.15, 0.2) is 54.9 Å². The van der Waals surface area contributed by atoms with Crippen molar-refractivity contribution in [1.82, 2.24) is 14.5 Å². The van der Waals surface area contributed by atoms with E-state index in [0.29, 0.717) is 43.4 Å². The van der Waals surface area contributed by atoms with E-state index in [0.717, 1.165) is 24.7 Å². The summed E-state index contributed by atoms with van der Waals surface area (Å²) >= 11 is 0. The predicted molar refractivity (Wildman–Crippen MR) is 132 cm³/mol. The third kappa shape index (κ3) is 5.42. The SMILES string of the molecule is CCOc1ccc(C(=O)N2CCN(c3nccn3-c3ccc(C)cc3)CC2)cc1OCC.Cl. The minimum atomic E-state index is 0. The Bertz CT molecular complexity index is 1060. The van der Waals surface area contributed by atoms with Crippen LogP contribution in [-0.4, -0.2) is 59.8 Å². The van der Waals surface area contributed by atoms with E-state index in [9.17, 15) is 4.79 Å². The van der Waals surface area contributed by atoms with Gasteiger partial charge in [0, 0.05) is 49.8 Å². The van der Waals surface area contributed by atoms with Gasteiger partial charge in [0.1, 0.15) is 0 Å². The first-order valence-electron chi connectivity index (χ1n) is 11.1. The van der Waals surface area contributed by atoms with E-state index in [2.05, 4.69) is 45.6 Å². The molecule has 0 atom stereocenters. The summed E-state index contributed by atoms with van der Waals surface area (Å²) in [7, 11) is 0. The number of hydrogen-bond acceptors (Lipinski definition) is 5. The summed E-state index contributed by atoms with van der Waals surface area (Å²) in [6, 6.07) is 13.8. The normalized spacial score (nSPS) is 13.4. The molecule has 8 heteroatoms. The van der Waals surface area contributed by atoms with Crippen LogP contribution in [0, 0.1) is 6.92 Å². The number of piperazine rings is 1. The van der Waals surface area contributed by atoms with Crippen LogP contribution in [-0.2, 0) is 0 Å². The highest BCUT2D eigenvalue weighted by molar-refractivity contribution is 5.95. The molecule has 2 heterocycles. The molecular weight excluding hydrogens is 440 g/mol. The monoisotopic (exact) mass is 470 g/mol. The van der Waals surface area contributed by atoms with Crippen LogP contribution in [0.5, 0.6) is 11.5 Å². The van der Waals surface area contributed by atoms with Gasteiger partial charge in [0.15, 0.2) is 11.5 Å². The molecule has 1 saturated heterocycles. The number of hydrogen-bond donors (Lipinski definition) is 0. The zero-order chi connectivity index (χ0) is 22.5. The summed E-state index contributed by atoms with van der Waals surface area (Å²) in [6.07, 6.45) is 3.80. The molecule has 0 radical (unpaired) electrons. The summed E-state index contributed by atoms with van der Waals surface area (Å²) in [5, 5.41) is 0. The number of benzene rings is 2. The first kappa shape index (κ1) is 24.5. The molecule has 1 amide bonds. The third-order valence-electron chi connectivity index (χ3n) is 5.57. The minimum Gasteiger partial charge on any atom is -0.490 e. The van der Waals surface area contributed by atoms with E-state index in [1.807, 2.05) is 43.3 Å². The van der Waals surface area contributed by atoms with Crippen LogP contribution in [0.1, 0.15) is 29.8 Å². The van der Waals surface area contributed by atoms with Gasteiger partial charge in [-0.05, 0) is 51.1 Å². The maximum Gasteiger partial charge on any atom is 0.254 e. The van der Waals surface area contributed by atoms with Crippen LogP contribution >= 0.6 is 12.4 Å². The molecule has 1 fully saturated rings. The molecule has 1 aliphatic heterocycles. The number of halogens is 1. The van der Waals surface area contributed by atoms with Crippen molar-refractivity contribution in [2.75, 3.05) is 44.3 Å². The van der Waals surface area contributed by atoms with Gasteiger partial charge >= 0.3 is 0 Å². The molecule has 0 spiro atoms.